The molecule has 2 unspecified atom stereocenters. The van der Waals surface area contributed by atoms with Crippen LogP contribution in [0.2, 0.25) is 0 Å². The van der Waals surface area contributed by atoms with Crippen molar-refractivity contribution in [2.75, 3.05) is 13.7 Å². The molecule has 0 aromatic rings. The van der Waals surface area contributed by atoms with Gasteiger partial charge in [-0.15, -0.1) is 0 Å². The quantitative estimate of drug-likeness (QED) is 0.285. The van der Waals surface area contributed by atoms with Crippen molar-refractivity contribution >= 4 is 5.97 Å². The van der Waals surface area contributed by atoms with E-state index in [1.165, 1.54) is 0 Å². The van der Waals surface area contributed by atoms with Crippen LogP contribution in [0.15, 0.2) is 12.2 Å². The number of nitrogens with zero attached hydrogens (tertiary/aromatic N) is 1. The lowest BCUT2D eigenvalue weighted by atomic mass is 10.3. The molecule has 0 aliphatic carbocycles. The minimum atomic E-state index is -0.768. The summed E-state index contributed by atoms with van der Waals surface area (Å²) in [5.41, 5.74) is -0.245. The van der Waals surface area contributed by atoms with Crippen molar-refractivity contribution in [1.82, 2.24) is 0 Å². The molecule has 5 heteroatoms. The molecule has 5 nitrogen and oxygen atoms in total. The summed E-state index contributed by atoms with van der Waals surface area (Å²) < 4.78 is 14.8. The van der Waals surface area contributed by atoms with Crippen LogP contribution in [0, 0.1) is 11.3 Å². The molecule has 0 bridgehead atoms. The predicted octanol–water partition coefficient (Wildman–Crippen LogP) is 1.01. The number of carbonyl (C=O) groups is 1. The minimum Gasteiger partial charge on any atom is -0.432 e. The monoisotopic (exact) mass is 213 g/mol. The highest BCUT2D eigenvalue weighted by Crippen LogP contribution is 2.01. The first-order chi connectivity index (χ1) is 7.01. The second kappa shape index (κ2) is 6.98. The van der Waals surface area contributed by atoms with Gasteiger partial charge in [0, 0.05) is 7.11 Å². The first-order valence-electron chi connectivity index (χ1n) is 4.45. The Morgan fingerprint density at radius 1 is 1.53 bits per heavy atom. The van der Waals surface area contributed by atoms with Gasteiger partial charge in [-0.1, -0.05) is 6.58 Å². The van der Waals surface area contributed by atoms with Crippen LogP contribution in [0.3, 0.4) is 0 Å². The van der Waals surface area contributed by atoms with Crippen LogP contribution < -0.4 is 0 Å². The van der Waals surface area contributed by atoms with E-state index in [-0.39, 0.29) is 11.7 Å². The van der Waals surface area contributed by atoms with Crippen molar-refractivity contribution in [1.29, 1.82) is 5.26 Å². The molecule has 0 aromatic heterocycles. The van der Waals surface area contributed by atoms with Gasteiger partial charge in [-0.2, -0.15) is 5.26 Å². The number of carbonyl (C=O) groups excluding carboxylic acids is 1. The molecule has 0 spiro atoms. The molecule has 0 rings (SSSR count). The Bertz CT molecular complexity index is 269. The first-order valence-corrected chi connectivity index (χ1v) is 4.45. The molecule has 0 N–H and O–H groups in total. The molecule has 0 saturated heterocycles. The molecule has 84 valence electrons. The average molecular weight is 213 g/mol. The fourth-order valence-corrected chi connectivity index (χ4v) is 0.641. The largest absolute Gasteiger partial charge is 0.432 e. The van der Waals surface area contributed by atoms with Crippen molar-refractivity contribution in [2.24, 2.45) is 0 Å². The minimum absolute atomic E-state index is 0.0784. The van der Waals surface area contributed by atoms with E-state index in [1.54, 1.807) is 20.1 Å². The Balaban J connectivity index is 3.85. The van der Waals surface area contributed by atoms with Crippen LogP contribution in [0.25, 0.3) is 0 Å². The lowest BCUT2D eigenvalue weighted by molar-refractivity contribution is -0.174. The molecule has 0 amide bonds. The van der Waals surface area contributed by atoms with Crippen molar-refractivity contribution in [3.05, 3.63) is 12.2 Å². The van der Waals surface area contributed by atoms with Gasteiger partial charge in [-0.25, -0.2) is 4.79 Å². The molecule has 0 radical (unpaired) electrons. The number of rotatable bonds is 6. The van der Waals surface area contributed by atoms with Crippen molar-refractivity contribution in [2.45, 2.75) is 26.2 Å². The summed E-state index contributed by atoms with van der Waals surface area (Å²) in [6, 6.07) is 1.60. The number of nitriles is 1. The van der Waals surface area contributed by atoms with Gasteiger partial charge in [0.05, 0.1) is 12.7 Å². The lowest BCUT2D eigenvalue weighted by Gasteiger charge is -2.16. The maximum Gasteiger partial charge on any atom is 0.350 e. The van der Waals surface area contributed by atoms with Gasteiger partial charge in [-0.3, -0.25) is 0 Å². The van der Waals surface area contributed by atoms with Gasteiger partial charge in [-0.05, 0) is 13.8 Å². The van der Waals surface area contributed by atoms with Crippen LogP contribution in [0.4, 0.5) is 0 Å². The van der Waals surface area contributed by atoms with E-state index in [0.717, 1.165) is 0 Å². The second-order valence-electron chi connectivity index (χ2n) is 2.94. The molecule has 0 aliphatic heterocycles. The van der Waals surface area contributed by atoms with Crippen molar-refractivity contribution < 1.29 is 19.0 Å². The second-order valence-corrected chi connectivity index (χ2v) is 2.94. The molecule has 0 heterocycles. The standard InChI is InChI=1S/C10H15NO4/c1-7(5-11)10(12)15-9(3)14-6-8(2)13-4/h8-9H,1,6H2,2-4H3. The molecule has 2 atom stereocenters. The third-order valence-corrected chi connectivity index (χ3v) is 1.62. The van der Waals surface area contributed by atoms with Crippen molar-refractivity contribution in [3.63, 3.8) is 0 Å². The highest BCUT2D eigenvalue weighted by molar-refractivity contribution is 5.91. The maximum atomic E-state index is 11.0. The summed E-state index contributed by atoms with van der Waals surface area (Å²) in [5, 5.41) is 8.36. The van der Waals surface area contributed by atoms with Gasteiger partial charge in [0.25, 0.3) is 0 Å². The number of hydrogen-bond acceptors (Lipinski definition) is 5. The Kier molecular flexibility index (Phi) is 6.34. The van der Waals surface area contributed by atoms with E-state index in [4.69, 9.17) is 19.5 Å². The van der Waals surface area contributed by atoms with Gasteiger partial charge in [0.15, 0.2) is 0 Å². The van der Waals surface area contributed by atoms with Gasteiger partial charge >= 0.3 is 5.97 Å². The fraction of sp³-hybridized carbons (Fsp3) is 0.600. The topological polar surface area (TPSA) is 68.6 Å². The Hall–Kier alpha value is -1.38. The number of methoxy groups -OCH3 is 1. The van der Waals surface area contributed by atoms with Gasteiger partial charge in [0.1, 0.15) is 11.6 Å². The zero-order valence-corrected chi connectivity index (χ0v) is 9.15. The molecule has 15 heavy (non-hydrogen) atoms. The summed E-state index contributed by atoms with van der Waals surface area (Å²) in [6.07, 6.45) is -0.800. The molecular formula is C10H15NO4. The molecule has 0 fully saturated rings. The van der Waals surface area contributed by atoms with E-state index in [9.17, 15) is 4.79 Å². The smallest absolute Gasteiger partial charge is 0.350 e. The Morgan fingerprint density at radius 3 is 2.60 bits per heavy atom. The SMILES string of the molecule is C=C(C#N)C(=O)OC(C)OCC(C)OC. The predicted molar refractivity (Wildman–Crippen MR) is 52.7 cm³/mol. The summed E-state index contributed by atoms with van der Waals surface area (Å²) in [6.45, 7) is 6.91. The average Bonchev–Trinajstić information content (AvgIpc) is 2.24. The highest BCUT2D eigenvalue weighted by Gasteiger charge is 2.13. The summed E-state index contributed by atoms with van der Waals surface area (Å²) in [4.78, 5) is 11.0. The zero-order chi connectivity index (χ0) is 11.8. The Labute approximate surface area is 89.2 Å². The van der Waals surface area contributed by atoms with E-state index in [1.807, 2.05) is 6.92 Å². The third-order valence-electron chi connectivity index (χ3n) is 1.62. The van der Waals surface area contributed by atoms with Crippen LogP contribution in [-0.2, 0) is 19.0 Å². The van der Waals surface area contributed by atoms with Crippen LogP contribution in [-0.4, -0.2) is 32.1 Å². The first kappa shape index (κ1) is 13.6. The molecule has 0 saturated carbocycles. The summed E-state index contributed by atoms with van der Waals surface area (Å²) in [5.74, 6) is -0.768. The van der Waals surface area contributed by atoms with E-state index in [0.29, 0.717) is 6.61 Å². The van der Waals surface area contributed by atoms with Crippen LogP contribution in [0.1, 0.15) is 13.8 Å². The molecule has 0 aromatic carbocycles. The number of hydrogen-bond donors (Lipinski definition) is 0. The van der Waals surface area contributed by atoms with Crippen LogP contribution >= 0.6 is 0 Å². The number of esters is 1. The summed E-state index contributed by atoms with van der Waals surface area (Å²) >= 11 is 0. The zero-order valence-electron chi connectivity index (χ0n) is 9.15. The molecule has 0 aliphatic rings. The fourth-order valence-electron chi connectivity index (χ4n) is 0.641. The Morgan fingerprint density at radius 2 is 2.13 bits per heavy atom. The van der Waals surface area contributed by atoms with E-state index >= 15 is 0 Å². The lowest BCUT2D eigenvalue weighted by Crippen LogP contribution is -2.23. The summed E-state index contributed by atoms with van der Waals surface area (Å²) in [7, 11) is 1.56. The highest BCUT2D eigenvalue weighted by atomic mass is 16.7. The maximum absolute atomic E-state index is 11.0. The molecular weight excluding hydrogens is 198 g/mol. The van der Waals surface area contributed by atoms with Gasteiger partial charge in [0.2, 0.25) is 6.29 Å². The third kappa shape index (κ3) is 5.83. The van der Waals surface area contributed by atoms with E-state index < -0.39 is 12.3 Å². The van der Waals surface area contributed by atoms with Crippen LogP contribution in [0.5, 0.6) is 0 Å². The number of ether oxygens (including phenoxy) is 3. The normalized spacial score (nSPS) is 13.7. The van der Waals surface area contributed by atoms with E-state index in [2.05, 4.69) is 6.58 Å². The van der Waals surface area contributed by atoms with Gasteiger partial charge < -0.3 is 14.2 Å². The van der Waals surface area contributed by atoms with Crippen molar-refractivity contribution in [3.8, 4) is 6.07 Å².